The van der Waals surface area contributed by atoms with Gasteiger partial charge in [0.1, 0.15) is 17.4 Å². The predicted octanol–water partition coefficient (Wildman–Crippen LogP) is 1.04. The third kappa shape index (κ3) is 2.50. The molecule has 1 saturated heterocycles. The second-order valence-corrected chi connectivity index (χ2v) is 7.49. The molecule has 2 N–H and O–H groups in total. The summed E-state index contributed by atoms with van der Waals surface area (Å²) in [6.45, 7) is 4.03. The minimum absolute atomic E-state index is 0.219. The fourth-order valence-corrected chi connectivity index (χ4v) is 3.91. The zero-order valence-corrected chi connectivity index (χ0v) is 14.2. The van der Waals surface area contributed by atoms with E-state index in [-0.39, 0.29) is 24.8 Å². The van der Waals surface area contributed by atoms with Crippen LogP contribution in [0.15, 0.2) is 12.1 Å². The highest BCUT2D eigenvalue weighted by molar-refractivity contribution is 6.05. The van der Waals surface area contributed by atoms with Gasteiger partial charge in [-0.05, 0) is 26.3 Å². The molecule has 1 aromatic rings. The molecule has 7 heteroatoms. The van der Waals surface area contributed by atoms with Crippen molar-refractivity contribution in [3.8, 4) is 5.75 Å². The summed E-state index contributed by atoms with van der Waals surface area (Å²) in [5.41, 5.74) is 1.34. The van der Waals surface area contributed by atoms with Gasteiger partial charge in [-0.15, -0.1) is 0 Å². The second kappa shape index (κ2) is 5.29. The van der Waals surface area contributed by atoms with E-state index in [4.69, 9.17) is 4.74 Å². The number of carbonyl (C=O) groups is 3. The Kier molecular flexibility index (Phi) is 3.40. The van der Waals surface area contributed by atoms with Crippen molar-refractivity contribution >= 4 is 17.7 Å². The Balaban J connectivity index is 1.71. The van der Waals surface area contributed by atoms with Gasteiger partial charge in [0.2, 0.25) is 11.8 Å². The minimum atomic E-state index is -0.658. The first-order chi connectivity index (χ1) is 11.8. The molecule has 3 aliphatic rings. The SMILES string of the molecule is CC1(C)CC(O)c2ccc3c(c2O1)CN(C1CCC(=O)NC1=O)C3=O. The van der Waals surface area contributed by atoms with Gasteiger partial charge >= 0.3 is 0 Å². The maximum Gasteiger partial charge on any atom is 0.255 e. The van der Waals surface area contributed by atoms with Gasteiger partial charge in [0.15, 0.2) is 0 Å². The molecular weight excluding hydrogens is 324 g/mol. The van der Waals surface area contributed by atoms with E-state index < -0.39 is 23.7 Å². The van der Waals surface area contributed by atoms with Crippen LogP contribution in [0.5, 0.6) is 5.75 Å². The number of nitrogens with one attached hydrogen (secondary N) is 1. The lowest BCUT2D eigenvalue weighted by Gasteiger charge is -2.36. The van der Waals surface area contributed by atoms with Gasteiger partial charge in [-0.1, -0.05) is 6.07 Å². The van der Waals surface area contributed by atoms with Crippen LogP contribution in [0, 0.1) is 0 Å². The van der Waals surface area contributed by atoms with Gasteiger partial charge in [0.05, 0.1) is 12.6 Å². The van der Waals surface area contributed by atoms with Crippen molar-refractivity contribution in [2.75, 3.05) is 0 Å². The largest absolute Gasteiger partial charge is 0.487 e. The van der Waals surface area contributed by atoms with Crippen LogP contribution in [0.25, 0.3) is 0 Å². The van der Waals surface area contributed by atoms with Crippen molar-refractivity contribution in [2.24, 2.45) is 0 Å². The Morgan fingerprint density at radius 2 is 2.04 bits per heavy atom. The third-order valence-electron chi connectivity index (χ3n) is 5.12. The third-order valence-corrected chi connectivity index (χ3v) is 5.12. The Morgan fingerprint density at radius 1 is 1.28 bits per heavy atom. The summed E-state index contributed by atoms with van der Waals surface area (Å²) in [5, 5.41) is 12.7. The highest BCUT2D eigenvalue weighted by Gasteiger charge is 2.43. The van der Waals surface area contributed by atoms with Crippen LogP contribution in [0.3, 0.4) is 0 Å². The molecule has 2 unspecified atom stereocenters. The van der Waals surface area contributed by atoms with Gasteiger partial charge in [0.25, 0.3) is 5.91 Å². The number of rotatable bonds is 1. The molecule has 0 spiro atoms. The molecular formula is C18H20N2O5. The minimum Gasteiger partial charge on any atom is -0.487 e. The smallest absolute Gasteiger partial charge is 0.255 e. The van der Waals surface area contributed by atoms with E-state index in [1.165, 1.54) is 4.90 Å². The van der Waals surface area contributed by atoms with E-state index in [0.717, 1.165) is 0 Å². The lowest BCUT2D eigenvalue weighted by atomic mass is 9.89. The normalized spacial score (nSPS) is 27.5. The molecule has 132 valence electrons. The van der Waals surface area contributed by atoms with Crippen LogP contribution >= 0.6 is 0 Å². The first kappa shape index (κ1) is 16.1. The van der Waals surface area contributed by atoms with Gasteiger partial charge in [0, 0.05) is 29.5 Å². The molecule has 7 nitrogen and oxygen atoms in total. The highest BCUT2D eigenvalue weighted by atomic mass is 16.5. The number of hydrogen-bond acceptors (Lipinski definition) is 5. The number of amides is 3. The number of aliphatic hydroxyl groups excluding tert-OH is 1. The summed E-state index contributed by atoms with van der Waals surface area (Å²) in [4.78, 5) is 37.8. The fourth-order valence-electron chi connectivity index (χ4n) is 3.91. The Hall–Kier alpha value is -2.41. The zero-order chi connectivity index (χ0) is 17.9. The molecule has 2 atom stereocenters. The maximum absolute atomic E-state index is 12.8. The lowest BCUT2D eigenvalue weighted by Crippen LogP contribution is -2.52. The van der Waals surface area contributed by atoms with Crippen LogP contribution in [-0.4, -0.2) is 39.4 Å². The lowest BCUT2D eigenvalue weighted by molar-refractivity contribution is -0.136. The molecule has 1 aromatic carbocycles. The predicted molar refractivity (Wildman–Crippen MR) is 86.8 cm³/mol. The first-order valence-electron chi connectivity index (χ1n) is 8.44. The number of aliphatic hydroxyl groups is 1. The van der Waals surface area contributed by atoms with Gasteiger partial charge in [-0.25, -0.2) is 0 Å². The van der Waals surface area contributed by atoms with Gasteiger partial charge in [-0.3, -0.25) is 19.7 Å². The van der Waals surface area contributed by atoms with E-state index in [1.807, 2.05) is 13.8 Å². The van der Waals surface area contributed by atoms with Crippen LogP contribution in [0.2, 0.25) is 0 Å². The van der Waals surface area contributed by atoms with E-state index in [9.17, 15) is 19.5 Å². The van der Waals surface area contributed by atoms with Crippen LogP contribution in [0.4, 0.5) is 0 Å². The highest BCUT2D eigenvalue weighted by Crippen LogP contribution is 2.45. The quantitative estimate of drug-likeness (QED) is 0.742. The summed E-state index contributed by atoms with van der Waals surface area (Å²) >= 11 is 0. The number of hydrogen-bond donors (Lipinski definition) is 2. The molecule has 25 heavy (non-hydrogen) atoms. The van der Waals surface area contributed by atoms with Crippen molar-refractivity contribution in [3.05, 3.63) is 28.8 Å². The average molecular weight is 344 g/mol. The first-order valence-corrected chi connectivity index (χ1v) is 8.44. The Labute approximate surface area is 144 Å². The van der Waals surface area contributed by atoms with Crippen molar-refractivity contribution in [3.63, 3.8) is 0 Å². The zero-order valence-electron chi connectivity index (χ0n) is 14.2. The molecule has 0 aliphatic carbocycles. The fraction of sp³-hybridized carbons (Fsp3) is 0.500. The molecule has 3 heterocycles. The van der Waals surface area contributed by atoms with Gasteiger partial charge < -0.3 is 14.7 Å². The molecule has 0 radical (unpaired) electrons. The van der Waals surface area contributed by atoms with Crippen molar-refractivity contribution in [1.29, 1.82) is 0 Å². The van der Waals surface area contributed by atoms with E-state index in [1.54, 1.807) is 12.1 Å². The van der Waals surface area contributed by atoms with E-state index >= 15 is 0 Å². The average Bonchev–Trinajstić information content (AvgIpc) is 2.84. The summed E-state index contributed by atoms with van der Waals surface area (Å²) in [6.07, 6.45) is 0.367. The molecule has 0 saturated carbocycles. The number of ether oxygens (including phenoxy) is 1. The summed E-state index contributed by atoms with van der Waals surface area (Å²) in [5.74, 6) is -0.443. The molecule has 0 bridgehead atoms. The number of benzene rings is 1. The second-order valence-electron chi connectivity index (χ2n) is 7.49. The van der Waals surface area contributed by atoms with Crippen molar-refractivity contribution < 1.29 is 24.2 Å². The molecule has 4 rings (SSSR count). The molecule has 0 aromatic heterocycles. The van der Waals surface area contributed by atoms with E-state index in [0.29, 0.717) is 35.3 Å². The Bertz CT molecular complexity index is 801. The molecule has 3 amide bonds. The molecule has 3 aliphatic heterocycles. The Morgan fingerprint density at radius 3 is 2.76 bits per heavy atom. The molecule has 1 fully saturated rings. The standard InChI is InChI=1S/C18H20N2O5/c1-18(2)7-13(21)10-4-3-9-11(15(10)25-18)8-20(17(9)24)12-5-6-14(22)19-16(12)23/h3-4,12-13,21H,5-8H2,1-2H3,(H,19,22,23). The summed E-state index contributed by atoms with van der Waals surface area (Å²) < 4.78 is 6.07. The number of piperidine rings is 1. The topological polar surface area (TPSA) is 95.9 Å². The summed E-state index contributed by atoms with van der Waals surface area (Å²) in [7, 11) is 0. The van der Waals surface area contributed by atoms with Gasteiger partial charge in [-0.2, -0.15) is 0 Å². The monoisotopic (exact) mass is 344 g/mol. The van der Waals surface area contributed by atoms with Crippen molar-refractivity contribution in [2.45, 2.75) is 57.4 Å². The number of carbonyl (C=O) groups excluding carboxylic acids is 3. The van der Waals surface area contributed by atoms with E-state index in [2.05, 4.69) is 5.32 Å². The van der Waals surface area contributed by atoms with Crippen LogP contribution in [-0.2, 0) is 16.1 Å². The van der Waals surface area contributed by atoms with Crippen molar-refractivity contribution in [1.82, 2.24) is 10.2 Å². The van der Waals surface area contributed by atoms with Crippen LogP contribution < -0.4 is 10.1 Å². The maximum atomic E-state index is 12.8. The van der Waals surface area contributed by atoms with Crippen LogP contribution in [0.1, 0.15) is 60.7 Å². The number of nitrogens with zero attached hydrogens (tertiary/aromatic N) is 1. The number of fused-ring (bicyclic) bond motifs is 3. The summed E-state index contributed by atoms with van der Waals surface area (Å²) in [6, 6.07) is 2.75. The number of imide groups is 1.